The molecule has 6 heteroatoms. The highest BCUT2D eigenvalue weighted by atomic mass is 16.5. The Morgan fingerprint density at radius 2 is 2.14 bits per heavy atom. The summed E-state index contributed by atoms with van der Waals surface area (Å²) >= 11 is 0. The summed E-state index contributed by atoms with van der Waals surface area (Å²) in [5.41, 5.74) is 2.23. The number of carboxylic acids is 1. The predicted molar refractivity (Wildman–Crippen MR) is 82.6 cm³/mol. The van der Waals surface area contributed by atoms with Crippen LogP contribution in [0.4, 0.5) is 0 Å². The summed E-state index contributed by atoms with van der Waals surface area (Å²) in [7, 11) is 3.54. The Morgan fingerprint density at radius 1 is 1.36 bits per heavy atom. The molecule has 1 aromatic carbocycles. The van der Waals surface area contributed by atoms with Gasteiger partial charge in [-0.3, -0.25) is 9.58 Å². The molecule has 0 saturated heterocycles. The quantitative estimate of drug-likeness (QED) is 0.805. The van der Waals surface area contributed by atoms with Crippen molar-refractivity contribution in [2.24, 2.45) is 7.05 Å². The van der Waals surface area contributed by atoms with Gasteiger partial charge in [0.2, 0.25) is 0 Å². The Hall–Kier alpha value is -2.18. The minimum atomic E-state index is -0.899. The maximum atomic E-state index is 11.3. The minimum Gasteiger partial charge on any atom is -0.478 e. The molecule has 0 aliphatic heterocycles. The fourth-order valence-electron chi connectivity index (χ4n) is 2.35. The van der Waals surface area contributed by atoms with Crippen molar-refractivity contribution in [2.45, 2.75) is 13.1 Å². The average molecular weight is 303 g/mol. The van der Waals surface area contributed by atoms with Gasteiger partial charge in [0, 0.05) is 45.6 Å². The molecule has 0 radical (unpaired) electrons. The lowest BCUT2D eigenvalue weighted by atomic mass is 10.1. The molecule has 1 N–H and O–H groups in total. The van der Waals surface area contributed by atoms with Crippen LogP contribution in [-0.2, 0) is 24.9 Å². The van der Waals surface area contributed by atoms with Crippen molar-refractivity contribution < 1.29 is 14.6 Å². The number of hydrogen-bond acceptors (Lipinski definition) is 4. The van der Waals surface area contributed by atoms with Crippen LogP contribution in [0.2, 0.25) is 0 Å². The summed E-state index contributed by atoms with van der Waals surface area (Å²) in [5, 5.41) is 13.5. The van der Waals surface area contributed by atoms with E-state index in [2.05, 4.69) is 10.00 Å². The van der Waals surface area contributed by atoms with E-state index in [1.807, 2.05) is 31.6 Å². The molecule has 2 rings (SSSR count). The van der Waals surface area contributed by atoms with Crippen LogP contribution in [0.15, 0.2) is 36.7 Å². The summed E-state index contributed by atoms with van der Waals surface area (Å²) in [5.74, 6) is -0.899. The Morgan fingerprint density at radius 3 is 2.77 bits per heavy atom. The molecule has 0 unspecified atom stereocenters. The normalized spacial score (nSPS) is 11.0. The molecule has 2 aromatic rings. The van der Waals surface area contributed by atoms with Crippen LogP contribution in [-0.4, -0.2) is 46.0 Å². The molecule has 1 aromatic heterocycles. The lowest BCUT2D eigenvalue weighted by Crippen LogP contribution is -2.27. The molecule has 0 aliphatic carbocycles. The van der Waals surface area contributed by atoms with Crippen molar-refractivity contribution in [1.29, 1.82) is 0 Å². The molecule has 22 heavy (non-hydrogen) atoms. The van der Waals surface area contributed by atoms with Gasteiger partial charge in [-0.15, -0.1) is 0 Å². The number of rotatable bonds is 8. The molecule has 0 saturated carbocycles. The molecule has 1 heterocycles. The van der Waals surface area contributed by atoms with Gasteiger partial charge >= 0.3 is 5.97 Å². The Kier molecular flexibility index (Phi) is 5.68. The Bertz CT molecular complexity index is 625. The highest BCUT2D eigenvalue weighted by Gasteiger charge is 2.14. The van der Waals surface area contributed by atoms with Crippen molar-refractivity contribution >= 4 is 5.97 Å². The van der Waals surface area contributed by atoms with Crippen molar-refractivity contribution in [1.82, 2.24) is 14.7 Å². The van der Waals surface area contributed by atoms with Gasteiger partial charge in [-0.1, -0.05) is 18.2 Å². The third kappa shape index (κ3) is 4.41. The first-order chi connectivity index (χ1) is 10.6. The second-order valence-electron chi connectivity index (χ2n) is 5.19. The number of nitrogens with zero attached hydrogens (tertiary/aromatic N) is 3. The standard InChI is InChI=1S/C16H21N3O3/c1-18-10-13(9-17-18)11-19(7-8-22-2)12-14-5-3-4-6-15(14)16(20)21/h3-6,9-10H,7-8,11-12H2,1-2H3,(H,20,21). The van der Waals surface area contributed by atoms with E-state index >= 15 is 0 Å². The van der Waals surface area contributed by atoms with E-state index in [4.69, 9.17) is 4.74 Å². The topological polar surface area (TPSA) is 67.6 Å². The van der Waals surface area contributed by atoms with E-state index in [9.17, 15) is 9.90 Å². The van der Waals surface area contributed by atoms with Gasteiger partial charge < -0.3 is 9.84 Å². The summed E-state index contributed by atoms with van der Waals surface area (Å²) in [6, 6.07) is 7.09. The molecule has 118 valence electrons. The number of aromatic nitrogens is 2. The molecule has 0 fully saturated rings. The van der Waals surface area contributed by atoms with Gasteiger partial charge in [-0.2, -0.15) is 5.10 Å². The molecule has 0 atom stereocenters. The van der Waals surface area contributed by atoms with Gasteiger partial charge in [0.15, 0.2) is 0 Å². The molecular weight excluding hydrogens is 282 g/mol. The molecule has 0 spiro atoms. The van der Waals surface area contributed by atoms with Crippen molar-refractivity contribution in [3.63, 3.8) is 0 Å². The zero-order valence-corrected chi connectivity index (χ0v) is 12.9. The van der Waals surface area contributed by atoms with Crippen LogP contribution in [0.3, 0.4) is 0 Å². The van der Waals surface area contributed by atoms with E-state index in [1.54, 1.807) is 23.9 Å². The van der Waals surface area contributed by atoms with Crippen molar-refractivity contribution in [2.75, 3.05) is 20.3 Å². The Labute approximate surface area is 129 Å². The van der Waals surface area contributed by atoms with Crippen molar-refractivity contribution in [3.8, 4) is 0 Å². The number of carboxylic acid groups (broad SMARTS) is 1. The number of benzene rings is 1. The van der Waals surface area contributed by atoms with Crippen LogP contribution in [0.5, 0.6) is 0 Å². The molecule has 0 amide bonds. The number of methoxy groups -OCH3 is 1. The lowest BCUT2D eigenvalue weighted by Gasteiger charge is -2.22. The smallest absolute Gasteiger partial charge is 0.336 e. The SMILES string of the molecule is COCCN(Cc1cnn(C)c1)Cc1ccccc1C(=O)O. The van der Waals surface area contributed by atoms with Crippen LogP contribution in [0.25, 0.3) is 0 Å². The Balaban J connectivity index is 2.14. The zero-order chi connectivity index (χ0) is 15.9. The number of aryl methyl sites for hydroxylation is 1. The molecular formula is C16H21N3O3. The van der Waals surface area contributed by atoms with E-state index in [0.717, 1.165) is 17.7 Å². The average Bonchev–Trinajstić information content (AvgIpc) is 2.90. The van der Waals surface area contributed by atoms with E-state index < -0.39 is 5.97 Å². The van der Waals surface area contributed by atoms with Gasteiger partial charge in [0.25, 0.3) is 0 Å². The summed E-state index contributed by atoms with van der Waals surface area (Å²) in [6.07, 6.45) is 3.78. The van der Waals surface area contributed by atoms with Gasteiger partial charge in [-0.25, -0.2) is 4.79 Å². The molecule has 0 bridgehead atoms. The maximum absolute atomic E-state index is 11.3. The van der Waals surface area contributed by atoms with E-state index in [0.29, 0.717) is 25.3 Å². The summed E-state index contributed by atoms with van der Waals surface area (Å²) < 4.78 is 6.91. The number of hydrogen-bond donors (Lipinski definition) is 1. The first-order valence-corrected chi connectivity index (χ1v) is 7.10. The zero-order valence-electron chi connectivity index (χ0n) is 12.9. The summed E-state index contributed by atoms with van der Waals surface area (Å²) in [6.45, 7) is 2.57. The van der Waals surface area contributed by atoms with Crippen LogP contribution >= 0.6 is 0 Å². The number of aromatic carboxylic acids is 1. The summed E-state index contributed by atoms with van der Waals surface area (Å²) in [4.78, 5) is 13.5. The minimum absolute atomic E-state index is 0.344. The van der Waals surface area contributed by atoms with Gasteiger partial charge in [0.05, 0.1) is 18.4 Å². The second kappa shape index (κ2) is 7.72. The highest BCUT2D eigenvalue weighted by Crippen LogP contribution is 2.14. The second-order valence-corrected chi connectivity index (χ2v) is 5.19. The van der Waals surface area contributed by atoms with E-state index in [1.165, 1.54) is 0 Å². The molecule has 0 aliphatic rings. The van der Waals surface area contributed by atoms with Crippen LogP contribution in [0, 0.1) is 0 Å². The fraction of sp³-hybridized carbons (Fsp3) is 0.375. The van der Waals surface area contributed by atoms with Gasteiger partial charge in [-0.05, 0) is 11.6 Å². The highest BCUT2D eigenvalue weighted by molar-refractivity contribution is 5.89. The third-order valence-electron chi connectivity index (χ3n) is 3.42. The van der Waals surface area contributed by atoms with Crippen LogP contribution < -0.4 is 0 Å². The first-order valence-electron chi connectivity index (χ1n) is 7.10. The fourth-order valence-corrected chi connectivity index (χ4v) is 2.35. The van der Waals surface area contributed by atoms with E-state index in [-0.39, 0.29) is 0 Å². The molecule has 6 nitrogen and oxygen atoms in total. The number of carbonyl (C=O) groups is 1. The largest absolute Gasteiger partial charge is 0.478 e. The number of ether oxygens (including phenoxy) is 1. The first kappa shape index (κ1) is 16.2. The maximum Gasteiger partial charge on any atom is 0.336 e. The predicted octanol–water partition coefficient (Wildman–Crippen LogP) is 1.77. The van der Waals surface area contributed by atoms with Crippen LogP contribution in [0.1, 0.15) is 21.5 Å². The monoisotopic (exact) mass is 303 g/mol. The third-order valence-corrected chi connectivity index (χ3v) is 3.42. The lowest BCUT2D eigenvalue weighted by molar-refractivity contribution is 0.0693. The van der Waals surface area contributed by atoms with Crippen molar-refractivity contribution in [3.05, 3.63) is 53.3 Å². The van der Waals surface area contributed by atoms with Gasteiger partial charge in [0.1, 0.15) is 0 Å².